The first-order valence-electron chi connectivity index (χ1n) is 7.44. The predicted molar refractivity (Wildman–Crippen MR) is 92.5 cm³/mol. The van der Waals surface area contributed by atoms with Crippen molar-refractivity contribution >= 4 is 39.2 Å². The number of carbonyl (C=O) groups is 1. The fourth-order valence-electron chi connectivity index (χ4n) is 2.87. The summed E-state index contributed by atoms with van der Waals surface area (Å²) in [7, 11) is -2.19. The molecule has 1 aliphatic rings. The van der Waals surface area contributed by atoms with Crippen LogP contribution in [-0.4, -0.2) is 43.9 Å². The van der Waals surface area contributed by atoms with Gasteiger partial charge >= 0.3 is 5.97 Å². The highest BCUT2D eigenvalue weighted by atomic mass is 35.5. The lowest BCUT2D eigenvalue weighted by Gasteiger charge is -2.29. The van der Waals surface area contributed by atoms with Gasteiger partial charge in [-0.2, -0.15) is 4.31 Å². The molecule has 1 aliphatic heterocycles. The van der Waals surface area contributed by atoms with Crippen molar-refractivity contribution in [3.8, 4) is 0 Å². The van der Waals surface area contributed by atoms with Gasteiger partial charge in [-0.1, -0.05) is 6.07 Å². The molecule has 0 atom stereocenters. The van der Waals surface area contributed by atoms with Gasteiger partial charge in [0.25, 0.3) is 0 Å². The molecule has 24 heavy (non-hydrogen) atoms. The van der Waals surface area contributed by atoms with Gasteiger partial charge in [-0.3, -0.25) is 9.78 Å². The molecular weight excluding hydrogens is 352 g/mol. The van der Waals surface area contributed by atoms with Gasteiger partial charge in [-0.05, 0) is 36.4 Å². The zero-order valence-corrected chi connectivity index (χ0v) is 14.8. The average molecular weight is 371 g/mol. The molecule has 0 saturated carbocycles. The quantitative estimate of drug-likeness (QED) is 0.774. The highest BCUT2D eigenvalue weighted by Gasteiger charge is 2.32. The molecule has 0 amide bonds. The molecule has 0 bridgehead atoms. The number of halogens is 1. The second-order valence-electron chi connectivity index (χ2n) is 5.59. The SMILES string of the molecule is COC(=O)C1CCN(S(=O)(=O)c2ccc3cnccc3c2)CC1.Cl. The number of fused-ring (bicyclic) bond motifs is 1. The molecule has 0 N–H and O–H groups in total. The number of piperidine rings is 1. The summed E-state index contributed by atoms with van der Waals surface area (Å²) >= 11 is 0. The van der Waals surface area contributed by atoms with E-state index in [1.165, 1.54) is 11.4 Å². The van der Waals surface area contributed by atoms with Crippen LogP contribution in [0.15, 0.2) is 41.6 Å². The number of esters is 1. The minimum Gasteiger partial charge on any atom is -0.469 e. The van der Waals surface area contributed by atoms with Gasteiger partial charge in [0.1, 0.15) is 0 Å². The molecule has 2 aromatic rings. The van der Waals surface area contributed by atoms with Crippen LogP contribution in [0.5, 0.6) is 0 Å². The number of sulfonamides is 1. The van der Waals surface area contributed by atoms with Crippen molar-refractivity contribution in [2.45, 2.75) is 17.7 Å². The summed E-state index contributed by atoms with van der Waals surface area (Å²) in [5.41, 5.74) is 0. The topological polar surface area (TPSA) is 76.6 Å². The van der Waals surface area contributed by atoms with E-state index in [9.17, 15) is 13.2 Å². The number of hydrogen-bond acceptors (Lipinski definition) is 5. The zero-order chi connectivity index (χ0) is 16.4. The maximum absolute atomic E-state index is 12.8. The van der Waals surface area contributed by atoms with Crippen molar-refractivity contribution < 1.29 is 17.9 Å². The van der Waals surface area contributed by atoms with Crippen LogP contribution < -0.4 is 0 Å². The highest BCUT2D eigenvalue weighted by Crippen LogP contribution is 2.26. The van der Waals surface area contributed by atoms with E-state index in [1.54, 1.807) is 36.7 Å². The fraction of sp³-hybridized carbons (Fsp3) is 0.375. The number of carbonyl (C=O) groups excluding carboxylic acids is 1. The van der Waals surface area contributed by atoms with Crippen molar-refractivity contribution in [1.82, 2.24) is 9.29 Å². The summed E-state index contributed by atoms with van der Waals surface area (Å²) in [6, 6.07) is 6.82. The Balaban J connectivity index is 0.00000208. The third kappa shape index (κ3) is 3.53. The summed E-state index contributed by atoms with van der Waals surface area (Å²) in [6.45, 7) is 0.660. The van der Waals surface area contributed by atoms with Gasteiger partial charge < -0.3 is 4.74 Å². The Kier molecular flexibility index (Phi) is 5.79. The van der Waals surface area contributed by atoms with Crippen LogP contribution >= 0.6 is 12.4 Å². The molecule has 1 aromatic carbocycles. The Morgan fingerprint density at radius 3 is 2.58 bits per heavy atom. The van der Waals surface area contributed by atoms with Crippen LogP contribution in [0.2, 0.25) is 0 Å². The fourth-order valence-corrected chi connectivity index (χ4v) is 4.38. The molecule has 0 aliphatic carbocycles. The molecule has 8 heteroatoms. The summed E-state index contributed by atoms with van der Waals surface area (Å²) in [5, 5.41) is 1.74. The first-order chi connectivity index (χ1) is 11.0. The minimum atomic E-state index is -3.55. The van der Waals surface area contributed by atoms with Gasteiger partial charge in [0.2, 0.25) is 10.0 Å². The number of nitrogens with zero attached hydrogens (tertiary/aromatic N) is 2. The number of benzene rings is 1. The van der Waals surface area contributed by atoms with Crippen molar-refractivity contribution in [1.29, 1.82) is 0 Å². The molecule has 130 valence electrons. The molecule has 1 fully saturated rings. The van der Waals surface area contributed by atoms with E-state index in [-0.39, 0.29) is 29.2 Å². The van der Waals surface area contributed by atoms with Crippen LogP contribution in [-0.2, 0) is 19.6 Å². The number of methoxy groups -OCH3 is 1. The van der Waals surface area contributed by atoms with E-state index in [4.69, 9.17) is 4.74 Å². The molecule has 0 spiro atoms. The van der Waals surface area contributed by atoms with Crippen molar-refractivity contribution in [2.24, 2.45) is 5.92 Å². The summed E-state index contributed by atoms with van der Waals surface area (Å²) in [4.78, 5) is 15.8. The number of aromatic nitrogens is 1. The highest BCUT2D eigenvalue weighted by molar-refractivity contribution is 7.89. The third-order valence-corrected chi connectivity index (χ3v) is 6.13. The lowest BCUT2D eigenvalue weighted by molar-refractivity contribution is -0.146. The monoisotopic (exact) mass is 370 g/mol. The van der Waals surface area contributed by atoms with Crippen LogP contribution in [0.25, 0.3) is 10.8 Å². The number of ether oxygens (including phenoxy) is 1. The molecule has 0 unspecified atom stereocenters. The van der Waals surface area contributed by atoms with Crippen molar-refractivity contribution in [3.63, 3.8) is 0 Å². The Bertz CT molecular complexity index is 833. The molecule has 1 aromatic heterocycles. The van der Waals surface area contributed by atoms with Gasteiger partial charge in [-0.15, -0.1) is 12.4 Å². The zero-order valence-electron chi connectivity index (χ0n) is 13.2. The largest absolute Gasteiger partial charge is 0.469 e. The van der Waals surface area contributed by atoms with Crippen molar-refractivity contribution in [2.75, 3.05) is 20.2 Å². The second-order valence-corrected chi connectivity index (χ2v) is 7.52. The van der Waals surface area contributed by atoms with Crippen LogP contribution in [0.3, 0.4) is 0 Å². The summed E-state index contributed by atoms with van der Waals surface area (Å²) < 4.78 is 31.7. The van der Waals surface area contributed by atoms with Crippen molar-refractivity contribution in [3.05, 3.63) is 36.7 Å². The van der Waals surface area contributed by atoms with E-state index in [0.29, 0.717) is 25.9 Å². The number of hydrogen-bond donors (Lipinski definition) is 0. The molecule has 3 rings (SSSR count). The lowest BCUT2D eigenvalue weighted by atomic mass is 9.99. The summed E-state index contributed by atoms with van der Waals surface area (Å²) in [5.74, 6) is -0.477. The number of rotatable bonds is 3. The van der Waals surface area contributed by atoms with Gasteiger partial charge in [0.05, 0.1) is 17.9 Å². The van der Waals surface area contributed by atoms with E-state index in [2.05, 4.69) is 4.98 Å². The van der Waals surface area contributed by atoms with Gasteiger partial charge in [0, 0.05) is 30.9 Å². The van der Waals surface area contributed by atoms with Crippen LogP contribution in [0.1, 0.15) is 12.8 Å². The first kappa shape index (κ1) is 18.6. The molecule has 2 heterocycles. The lowest BCUT2D eigenvalue weighted by Crippen LogP contribution is -2.40. The maximum atomic E-state index is 12.8. The Morgan fingerprint density at radius 1 is 1.21 bits per heavy atom. The van der Waals surface area contributed by atoms with Crippen LogP contribution in [0, 0.1) is 5.92 Å². The van der Waals surface area contributed by atoms with Gasteiger partial charge in [-0.25, -0.2) is 8.42 Å². The average Bonchev–Trinajstić information content (AvgIpc) is 2.60. The molecular formula is C16H19ClN2O4S. The standard InChI is InChI=1S/C16H18N2O4S.ClH/c1-22-16(19)12-5-8-18(9-6-12)23(20,21)15-3-2-14-11-17-7-4-13(14)10-15;/h2-4,7,10-12H,5-6,8-9H2,1H3;1H. The Hall–Kier alpha value is -1.70. The van der Waals surface area contributed by atoms with E-state index >= 15 is 0 Å². The first-order valence-corrected chi connectivity index (χ1v) is 8.88. The normalized spacial score (nSPS) is 16.5. The van der Waals surface area contributed by atoms with Gasteiger partial charge in [0.15, 0.2) is 0 Å². The molecule has 0 radical (unpaired) electrons. The molecule has 1 saturated heterocycles. The Morgan fingerprint density at radius 2 is 1.92 bits per heavy atom. The van der Waals surface area contributed by atoms with E-state index in [0.717, 1.165) is 10.8 Å². The predicted octanol–water partition coefficient (Wildman–Crippen LogP) is 2.23. The smallest absolute Gasteiger partial charge is 0.308 e. The van der Waals surface area contributed by atoms with E-state index in [1.807, 2.05) is 0 Å². The van der Waals surface area contributed by atoms with E-state index < -0.39 is 10.0 Å². The second kappa shape index (κ2) is 7.46. The number of pyridine rings is 1. The van der Waals surface area contributed by atoms with Crippen LogP contribution in [0.4, 0.5) is 0 Å². The minimum absolute atomic E-state index is 0. The third-order valence-electron chi connectivity index (χ3n) is 4.24. The summed E-state index contributed by atoms with van der Waals surface area (Å²) in [6.07, 6.45) is 4.32. The molecule has 6 nitrogen and oxygen atoms in total. The maximum Gasteiger partial charge on any atom is 0.308 e. The Labute approximate surface area is 147 Å².